The first-order valence-electron chi connectivity index (χ1n) is 13.7. The second-order valence-electron chi connectivity index (χ2n) is 9.79. The summed E-state index contributed by atoms with van der Waals surface area (Å²) in [6.07, 6.45) is 2.42. The zero-order valence-corrected chi connectivity index (χ0v) is 24.6. The fourth-order valence-corrected chi connectivity index (χ4v) is 6.52. The number of amides is 1. The zero-order valence-electron chi connectivity index (χ0n) is 23.0. The van der Waals surface area contributed by atoms with Crippen molar-refractivity contribution in [1.82, 2.24) is 25.1 Å². The number of benzene rings is 3. The number of carbonyl (C=O) groups excluding carboxylic acids is 1. The first-order chi connectivity index (χ1) is 20.7. The van der Waals surface area contributed by atoms with E-state index in [9.17, 15) is 4.79 Å². The van der Waals surface area contributed by atoms with Gasteiger partial charge in [-0.1, -0.05) is 90.1 Å². The second kappa shape index (κ2) is 13.0. The molecule has 0 bridgehead atoms. The van der Waals surface area contributed by atoms with E-state index in [4.69, 9.17) is 4.42 Å². The summed E-state index contributed by atoms with van der Waals surface area (Å²) < 4.78 is 7.61. The molecule has 0 aliphatic heterocycles. The van der Waals surface area contributed by atoms with E-state index >= 15 is 0 Å². The molecule has 6 aromatic rings. The summed E-state index contributed by atoms with van der Waals surface area (Å²) in [5.41, 5.74) is 5.02. The molecule has 0 spiro atoms. The first-order valence-corrected chi connectivity index (χ1v) is 15.5. The fraction of sp³-hybridized carbons (Fsp3) is 0.152. The van der Waals surface area contributed by atoms with Crippen LogP contribution in [0.4, 0.5) is 0 Å². The summed E-state index contributed by atoms with van der Waals surface area (Å²) in [5.74, 6) is 1.88. The number of nitrogens with zero attached hydrogens (tertiary/aromatic N) is 4. The van der Waals surface area contributed by atoms with Gasteiger partial charge in [0.15, 0.2) is 10.9 Å². The Morgan fingerprint density at radius 2 is 1.64 bits per heavy atom. The largest absolute Gasteiger partial charge is 0.461 e. The number of carbonyl (C=O) groups is 1. The molecule has 210 valence electrons. The summed E-state index contributed by atoms with van der Waals surface area (Å²) >= 11 is 2.99. The Bertz CT molecular complexity index is 1690. The van der Waals surface area contributed by atoms with Crippen LogP contribution >= 0.6 is 23.1 Å². The van der Waals surface area contributed by atoms with Gasteiger partial charge in [-0.2, -0.15) is 0 Å². The van der Waals surface area contributed by atoms with Crippen LogP contribution < -0.4 is 5.32 Å². The molecule has 0 atom stereocenters. The molecule has 0 unspecified atom stereocenters. The lowest BCUT2D eigenvalue weighted by molar-refractivity contribution is 0.0948. The lowest BCUT2D eigenvalue weighted by atomic mass is 9.88. The highest BCUT2D eigenvalue weighted by Crippen LogP contribution is 2.31. The average molecular weight is 592 g/mol. The number of thioether (sulfide) groups is 1. The number of furan rings is 1. The van der Waals surface area contributed by atoms with E-state index in [-0.39, 0.29) is 11.8 Å². The average Bonchev–Trinajstić information content (AvgIpc) is 3.81. The van der Waals surface area contributed by atoms with Crippen molar-refractivity contribution < 1.29 is 9.21 Å². The van der Waals surface area contributed by atoms with Gasteiger partial charge in [0.25, 0.3) is 5.91 Å². The topological polar surface area (TPSA) is 85.8 Å². The van der Waals surface area contributed by atoms with Crippen LogP contribution in [-0.4, -0.2) is 32.2 Å². The van der Waals surface area contributed by atoms with Crippen molar-refractivity contribution in [3.63, 3.8) is 0 Å². The van der Waals surface area contributed by atoms with E-state index in [1.165, 1.54) is 39.8 Å². The molecule has 0 aliphatic carbocycles. The highest BCUT2D eigenvalue weighted by atomic mass is 32.2. The van der Waals surface area contributed by atoms with E-state index in [0.29, 0.717) is 29.6 Å². The van der Waals surface area contributed by atoms with Crippen molar-refractivity contribution in [2.45, 2.75) is 30.2 Å². The summed E-state index contributed by atoms with van der Waals surface area (Å²) in [6, 6.07) is 32.7. The number of thiazole rings is 1. The third kappa shape index (κ3) is 6.37. The molecule has 0 saturated heterocycles. The Labute approximate surface area is 252 Å². The molecule has 6 rings (SSSR count). The lowest BCUT2D eigenvalue weighted by Gasteiger charge is -2.18. The van der Waals surface area contributed by atoms with Crippen LogP contribution in [0.2, 0.25) is 0 Å². The molecule has 0 radical (unpaired) electrons. The number of hydrogen-bond donors (Lipinski definition) is 1. The maximum absolute atomic E-state index is 13.0. The Morgan fingerprint density at radius 3 is 2.31 bits per heavy atom. The summed E-state index contributed by atoms with van der Waals surface area (Å²) in [4.78, 5) is 17.6. The molecule has 9 heteroatoms. The predicted octanol–water partition coefficient (Wildman–Crippen LogP) is 7.54. The molecule has 3 heterocycles. The van der Waals surface area contributed by atoms with Crippen molar-refractivity contribution >= 4 is 29.0 Å². The Hall–Kier alpha value is -4.47. The Morgan fingerprint density at radius 1 is 0.929 bits per heavy atom. The van der Waals surface area contributed by atoms with Crippen LogP contribution in [0.5, 0.6) is 0 Å². The van der Waals surface area contributed by atoms with E-state index in [0.717, 1.165) is 22.3 Å². The molecular formula is C33H29N5O2S2. The number of hydrogen-bond acceptors (Lipinski definition) is 7. The smallest absolute Gasteiger partial charge is 0.270 e. The van der Waals surface area contributed by atoms with Crippen molar-refractivity contribution in [3.8, 4) is 17.3 Å². The lowest BCUT2D eigenvalue weighted by Crippen LogP contribution is -2.26. The van der Waals surface area contributed by atoms with E-state index in [2.05, 4.69) is 88.1 Å². The van der Waals surface area contributed by atoms with Crippen LogP contribution in [0.15, 0.2) is 118 Å². The minimum Gasteiger partial charge on any atom is -0.461 e. The van der Waals surface area contributed by atoms with Gasteiger partial charge in [0.05, 0.1) is 12.0 Å². The second-order valence-corrected chi connectivity index (χ2v) is 11.7. The van der Waals surface area contributed by atoms with E-state index < -0.39 is 0 Å². The highest BCUT2D eigenvalue weighted by molar-refractivity contribution is 7.98. The van der Waals surface area contributed by atoms with Crippen LogP contribution in [0.25, 0.3) is 17.3 Å². The monoisotopic (exact) mass is 591 g/mol. The highest BCUT2D eigenvalue weighted by Gasteiger charge is 2.20. The number of rotatable bonds is 11. The fourth-order valence-electron chi connectivity index (χ4n) is 4.78. The SMILES string of the molecule is Cc1ccc(-n2c(SCc3nc(C(=O)NCCC(c4ccccc4)c4ccccc4)cs3)nnc2-c2ccco2)cc1. The minimum atomic E-state index is -0.162. The Kier molecular flexibility index (Phi) is 8.58. The zero-order chi connectivity index (χ0) is 28.7. The minimum absolute atomic E-state index is 0.162. The van der Waals surface area contributed by atoms with Crippen molar-refractivity contribution in [3.05, 3.63) is 136 Å². The quantitative estimate of drug-likeness (QED) is 0.157. The van der Waals surface area contributed by atoms with Crippen LogP contribution in [0.3, 0.4) is 0 Å². The van der Waals surface area contributed by atoms with Crippen LogP contribution in [0.1, 0.15) is 44.5 Å². The van der Waals surface area contributed by atoms with Crippen LogP contribution in [-0.2, 0) is 5.75 Å². The van der Waals surface area contributed by atoms with Gasteiger partial charge >= 0.3 is 0 Å². The number of aryl methyl sites for hydroxylation is 1. The predicted molar refractivity (Wildman–Crippen MR) is 167 cm³/mol. The van der Waals surface area contributed by atoms with Gasteiger partial charge in [0, 0.05) is 23.5 Å². The molecular weight excluding hydrogens is 563 g/mol. The normalized spacial score (nSPS) is 11.2. The first kappa shape index (κ1) is 27.7. The molecule has 1 N–H and O–H groups in total. The molecule has 7 nitrogen and oxygen atoms in total. The van der Waals surface area contributed by atoms with Crippen molar-refractivity contribution in [1.29, 1.82) is 0 Å². The third-order valence-electron chi connectivity index (χ3n) is 6.90. The molecule has 0 aliphatic rings. The molecule has 42 heavy (non-hydrogen) atoms. The summed E-state index contributed by atoms with van der Waals surface area (Å²) in [6.45, 7) is 2.60. The molecule has 3 aromatic heterocycles. The van der Waals surface area contributed by atoms with E-state index in [1.54, 1.807) is 6.26 Å². The van der Waals surface area contributed by atoms with Gasteiger partial charge < -0.3 is 9.73 Å². The van der Waals surface area contributed by atoms with Crippen molar-refractivity contribution in [2.75, 3.05) is 6.54 Å². The van der Waals surface area contributed by atoms with Gasteiger partial charge in [-0.05, 0) is 48.7 Å². The maximum Gasteiger partial charge on any atom is 0.270 e. The van der Waals surface area contributed by atoms with Gasteiger partial charge in [0.1, 0.15) is 10.7 Å². The molecule has 1 amide bonds. The Balaban J connectivity index is 1.11. The van der Waals surface area contributed by atoms with Gasteiger partial charge in [-0.25, -0.2) is 4.98 Å². The van der Waals surface area contributed by atoms with Gasteiger partial charge in [-0.3, -0.25) is 9.36 Å². The summed E-state index contributed by atoms with van der Waals surface area (Å²) in [5, 5.41) is 15.3. The maximum atomic E-state index is 13.0. The standard InChI is InChI=1S/C33H29N5O2S2/c1-23-14-16-26(17-15-23)38-31(29-13-8-20-40-29)36-37-33(38)42-22-30-35-28(21-41-30)32(39)34-19-18-27(24-9-4-2-5-10-24)25-11-6-3-7-12-25/h2-17,20-21,27H,18-19,22H2,1H3,(H,34,39). The summed E-state index contributed by atoms with van der Waals surface area (Å²) in [7, 11) is 0. The van der Waals surface area contributed by atoms with Crippen molar-refractivity contribution in [2.24, 2.45) is 0 Å². The molecule has 0 saturated carbocycles. The van der Waals surface area contributed by atoms with E-state index in [1.807, 2.05) is 46.3 Å². The number of nitrogens with one attached hydrogen (secondary N) is 1. The van der Waals surface area contributed by atoms with Crippen LogP contribution in [0, 0.1) is 6.92 Å². The number of aromatic nitrogens is 4. The third-order valence-corrected chi connectivity index (χ3v) is 8.87. The van der Waals surface area contributed by atoms with Gasteiger partial charge in [-0.15, -0.1) is 21.5 Å². The molecule has 3 aromatic carbocycles. The van der Waals surface area contributed by atoms with Gasteiger partial charge in [0.2, 0.25) is 5.82 Å². The molecule has 0 fully saturated rings.